The smallest absolute Gasteiger partial charge is 0.225 e. The van der Waals surface area contributed by atoms with Gasteiger partial charge >= 0.3 is 0 Å². The quantitative estimate of drug-likeness (QED) is 0.809. The first-order chi connectivity index (χ1) is 9.53. The van der Waals surface area contributed by atoms with E-state index < -0.39 is 5.41 Å². The molecule has 0 unspecified atom stereocenters. The number of nitrogens with two attached hydrogens (primary N) is 1. The first-order valence-electron chi connectivity index (χ1n) is 7.15. The van der Waals surface area contributed by atoms with Gasteiger partial charge in [0.2, 0.25) is 5.91 Å². The van der Waals surface area contributed by atoms with Crippen molar-refractivity contribution >= 4 is 5.91 Å². The van der Waals surface area contributed by atoms with Gasteiger partial charge in [0.25, 0.3) is 0 Å². The number of hydrogen-bond acceptors (Lipinski definition) is 4. The van der Waals surface area contributed by atoms with E-state index in [0.29, 0.717) is 45.2 Å². The third kappa shape index (κ3) is 3.37. The lowest BCUT2D eigenvalue weighted by Gasteiger charge is -2.34. The molecular weight excluding hydrogens is 256 g/mol. The monoisotopic (exact) mass is 280 g/mol. The maximum Gasteiger partial charge on any atom is 0.225 e. The van der Waals surface area contributed by atoms with Crippen molar-refractivity contribution in [3.63, 3.8) is 0 Å². The molecule has 0 aromatic carbocycles. The fourth-order valence-electron chi connectivity index (χ4n) is 2.47. The van der Waals surface area contributed by atoms with Crippen LogP contribution in [0.2, 0.25) is 0 Å². The highest BCUT2D eigenvalue weighted by Gasteiger charge is 2.37. The average Bonchev–Trinajstić information content (AvgIpc) is 2.89. The van der Waals surface area contributed by atoms with E-state index >= 15 is 0 Å². The van der Waals surface area contributed by atoms with Crippen LogP contribution in [0.5, 0.6) is 0 Å². The molecule has 0 atom stereocenters. The summed E-state index contributed by atoms with van der Waals surface area (Å²) in [5, 5.41) is 7.63. The molecule has 6 heteroatoms. The number of aromatic nitrogens is 2. The van der Waals surface area contributed by atoms with Crippen LogP contribution in [0.4, 0.5) is 0 Å². The Kier molecular flexibility index (Phi) is 4.77. The lowest BCUT2D eigenvalue weighted by Crippen LogP contribution is -2.48. The summed E-state index contributed by atoms with van der Waals surface area (Å²) in [6.45, 7) is 6.69. The number of ether oxygens (including phenoxy) is 1. The minimum atomic E-state index is -0.466. The first-order valence-corrected chi connectivity index (χ1v) is 7.15. The molecule has 1 fully saturated rings. The fourth-order valence-corrected chi connectivity index (χ4v) is 2.47. The standard InChI is InChI=1S/C14H24N4O2/c1-11(2)18-9-12(8-17-18)7-16-10-14(13(15)19)3-5-20-6-4-14/h8-9,11,16H,3-7,10H2,1-2H3,(H2,15,19). The molecule has 1 aromatic rings. The van der Waals surface area contributed by atoms with Crippen LogP contribution in [-0.2, 0) is 16.1 Å². The number of nitrogens with one attached hydrogen (secondary N) is 1. The van der Waals surface area contributed by atoms with E-state index in [1.807, 2.05) is 17.1 Å². The molecule has 6 nitrogen and oxygen atoms in total. The van der Waals surface area contributed by atoms with E-state index in [0.717, 1.165) is 5.56 Å². The maximum absolute atomic E-state index is 11.7. The summed E-state index contributed by atoms with van der Waals surface area (Å²) in [5.41, 5.74) is 6.22. The van der Waals surface area contributed by atoms with Crippen LogP contribution in [0, 0.1) is 5.41 Å². The van der Waals surface area contributed by atoms with Gasteiger partial charge in [0.1, 0.15) is 0 Å². The predicted octanol–water partition coefficient (Wildman–Crippen LogP) is 0.836. The fraction of sp³-hybridized carbons (Fsp3) is 0.714. The second-order valence-corrected chi connectivity index (χ2v) is 5.78. The normalized spacial score (nSPS) is 18.4. The Morgan fingerprint density at radius 1 is 1.55 bits per heavy atom. The highest BCUT2D eigenvalue weighted by Crippen LogP contribution is 2.29. The second-order valence-electron chi connectivity index (χ2n) is 5.78. The van der Waals surface area contributed by atoms with Gasteiger partial charge in [-0.3, -0.25) is 9.48 Å². The van der Waals surface area contributed by atoms with Crippen molar-refractivity contribution in [1.82, 2.24) is 15.1 Å². The van der Waals surface area contributed by atoms with E-state index in [9.17, 15) is 4.79 Å². The molecule has 2 heterocycles. The van der Waals surface area contributed by atoms with Crippen LogP contribution in [0.3, 0.4) is 0 Å². The zero-order valence-electron chi connectivity index (χ0n) is 12.3. The minimum absolute atomic E-state index is 0.230. The van der Waals surface area contributed by atoms with Crippen LogP contribution in [0.25, 0.3) is 0 Å². The highest BCUT2D eigenvalue weighted by atomic mass is 16.5. The Hall–Kier alpha value is -1.40. The Balaban J connectivity index is 1.88. The number of hydrogen-bond donors (Lipinski definition) is 2. The summed E-state index contributed by atoms with van der Waals surface area (Å²) >= 11 is 0. The highest BCUT2D eigenvalue weighted by molar-refractivity contribution is 5.81. The van der Waals surface area contributed by atoms with Crippen LogP contribution in [0.15, 0.2) is 12.4 Å². The molecule has 1 aromatic heterocycles. The molecule has 112 valence electrons. The van der Waals surface area contributed by atoms with Gasteiger partial charge in [0, 0.05) is 44.1 Å². The topological polar surface area (TPSA) is 82.2 Å². The molecule has 1 saturated heterocycles. The van der Waals surface area contributed by atoms with Gasteiger partial charge in [-0.05, 0) is 26.7 Å². The summed E-state index contributed by atoms with van der Waals surface area (Å²) in [6, 6.07) is 0.358. The number of primary amides is 1. The van der Waals surface area contributed by atoms with Crippen LogP contribution in [-0.4, -0.2) is 35.4 Å². The summed E-state index contributed by atoms with van der Waals surface area (Å²) < 4.78 is 7.25. The van der Waals surface area contributed by atoms with Crippen molar-refractivity contribution in [1.29, 1.82) is 0 Å². The molecule has 1 amide bonds. The maximum atomic E-state index is 11.7. The lowest BCUT2D eigenvalue weighted by atomic mass is 9.79. The molecule has 0 bridgehead atoms. The van der Waals surface area contributed by atoms with Crippen molar-refractivity contribution in [2.75, 3.05) is 19.8 Å². The molecule has 1 aliphatic heterocycles. The van der Waals surface area contributed by atoms with E-state index in [4.69, 9.17) is 10.5 Å². The molecule has 0 aliphatic carbocycles. The number of carbonyl (C=O) groups is 1. The number of nitrogens with zero attached hydrogens (tertiary/aromatic N) is 2. The predicted molar refractivity (Wildman–Crippen MR) is 76.0 cm³/mol. The number of rotatable bonds is 6. The molecule has 0 radical (unpaired) electrons. The van der Waals surface area contributed by atoms with Crippen molar-refractivity contribution < 1.29 is 9.53 Å². The van der Waals surface area contributed by atoms with Crippen molar-refractivity contribution in [3.8, 4) is 0 Å². The second kappa shape index (κ2) is 6.37. The summed E-state index contributed by atoms with van der Waals surface area (Å²) in [7, 11) is 0. The van der Waals surface area contributed by atoms with Crippen molar-refractivity contribution in [3.05, 3.63) is 18.0 Å². The van der Waals surface area contributed by atoms with Gasteiger partial charge in [0.05, 0.1) is 11.6 Å². The molecular formula is C14H24N4O2. The summed E-state index contributed by atoms with van der Waals surface area (Å²) in [5.74, 6) is -0.230. The molecule has 1 aliphatic rings. The van der Waals surface area contributed by atoms with Gasteiger partial charge in [0.15, 0.2) is 0 Å². The molecule has 0 saturated carbocycles. The minimum Gasteiger partial charge on any atom is -0.381 e. The molecule has 3 N–H and O–H groups in total. The third-order valence-corrected chi connectivity index (χ3v) is 3.95. The first kappa shape index (κ1) is 15.0. The Bertz CT molecular complexity index is 450. The number of amides is 1. The van der Waals surface area contributed by atoms with Gasteiger partial charge in [-0.1, -0.05) is 0 Å². The van der Waals surface area contributed by atoms with Crippen LogP contribution >= 0.6 is 0 Å². The van der Waals surface area contributed by atoms with Crippen molar-refractivity contribution in [2.24, 2.45) is 11.1 Å². The van der Waals surface area contributed by atoms with Gasteiger partial charge < -0.3 is 15.8 Å². The Labute approximate surface area is 119 Å². The van der Waals surface area contributed by atoms with Crippen LogP contribution < -0.4 is 11.1 Å². The molecule has 0 spiro atoms. The average molecular weight is 280 g/mol. The third-order valence-electron chi connectivity index (χ3n) is 3.95. The van der Waals surface area contributed by atoms with Crippen molar-refractivity contribution in [2.45, 2.75) is 39.3 Å². The molecule has 2 rings (SSSR count). The van der Waals surface area contributed by atoms with Gasteiger partial charge in [-0.25, -0.2) is 0 Å². The zero-order chi connectivity index (χ0) is 14.6. The van der Waals surface area contributed by atoms with Gasteiger partial charge in [-0.2, -0.15) is 5.10 Å². The van der Waals surface area contributed by atoms with Gasteiger partial charge in [-0.15, -0.1) is 0 Å². The number of carbonyl (C=O) groups excluding carboxylic acids is 1. The van der Waals surface area contributed by atoms with E-state index in [1.54, 1.807) is 0 Å². The van der Waals surface area contributed by atoms with E-state index in [1.165, 1.54) is 0 Å². The lowest BCUT2D eigenvalue weighted by molar-refractivity contribution is -0.132. The molecule has 20 heavy (non-hydrogen) atoms. The zero-order valence-corrected chi connectivity index (χ0v) is 12.3. The summed E-state index contributed by atoms with van der Waals surface area (Å²) in [6.07, 6.45) is 5.27. The summed E-state index contributed by atoms with van der Waals surface area (Å²) in [4.78, 5) is 11.7. The SMILES string of the molecule is CC(C)n1cc(CNCC2(C(N)=O)CCOCC2)cn1. The van der Waals surface area contributed by atoms with Crippen LogP contribution in [0.1, 0.15) is 38.3 Å². The van der Waals surface area contributed by atoms with E-state index in [2.05, 4.69) is 24.3 Å². The largest absolute Gasteiger partial charge is 0.381 e. The Morgan fingerprint density at radius 2 is 2.25 bits per heavy atom. The van der Waals surface area contributed by atoms with E-state index in [-0.39, 0.29) is 5.91 Å². The Morgan fingerprint density at radius 3 is 2.80 bits per heavy atom.